The minimum Gasteiger partial charge on any atom is -0.292 e. The van der Waals surface area contributed by atoms with Crippen LogP contribution in [0.1, 0.15) is 22.5 Å². The average molecular weight is 338 g/mol. The molecular formula is C16H13F3N2O3. The maximum Gasteiger partial charge on any atom is 0.405 e. The molecule has 0 aliphatic heterocycles. The van der Waals surface area contributed by atoms with Gasteiger partial charge in [0.25, 0.3) is 0 Å². The van der Waals surface area contributed by atoms with Crippen LogP contribution in [-0.2, 0) is 5.41 Å². The molecule has 0 radical (unpaired) electrons. The number of benzene rings is 1. The van der Waals surface area contributed by atoms with Crippen molar-refractivity contribution in [3.05, 3.63) is 76.1 Å². The van der Waals surface area contributed by atoms with E-state index in [1.807, 2.05) is 0 Å². The lowest BCUT2D eigenvalue weighted by Gasteiger charge is -2.32. The molecule has 0 saturated carbocycles. The summed E-state index contributed by atoms with van der Waals surface area (Å²) in [6, 6.07) is 10.7. The topological polar surface area (TPSA) is 73.1 Å². The van der Waals surface area contributed by atoms with E-state index in [4.69, 9.17) is 0 Å². The van der Waals surface area contributed by atoms with E-state index >= 15 is 0 Å². The van der Waals surface area contributed by atoms with Crippen LogP contribution >= 0.6 is 0 Å². The second kappa shape index (κ2) is 6.77. The van der Waals surface area contributed by atoms with Crippen LogP contribution in [0, 0.1) is 10.1 Å². The zero-order valence-corrected chi connectivity index (χ0v) is 12.4. The van der Waals surface area contributed by atoms with Crippen molar-refractivity contribution in [1.29, 1.82) is 0 Å². The summed E-state index contributed by atoms with van der Waals surface area (Å²) in [5.41, 5.74) is -3.39. The third kappa shape index (κ3) is 3.58. The largest absolute Gasteiger partial charge is 0.405 e. The summed E-state index contributed by atoms with van der Waals surface area (Å²) >= 11 is 0. The third-order valence-electron chi connectivity index (χ3n) is 3.68. The number of nitrogens with zero attached hydrogens (tertiary/aromatic N) is 2. The molecule has 2 aromatic rings. The molecule has 8 heteroatoms. The van der Waals surface area contributed by atoms with Gasteiger partial charge in [0.15, 0.2) is 11.2 Å². The van der Waals surface area contributed by atoms with Crippen LogP contribution in [0.25, 0.3) is 0 Å². The van der Waals surface area contributed by atoms with E-state index < -0.39 is 35.3 Å². The van der Waals surface area contributed by atoms with E-state index in [9.17, 15) is 28.1 Å². The first kappa shape index (κ1) is 17.6. The van der Waals surface area contributed by atoms with E-state index in [2.05, 4.69) is 4.98 Å². The average Bonchev–Trinajstić information content (AvgIpc) is 2.54. The molecule has 0 amide bonds. The summed E-state index contributed by atoms with van der Waals surface area (Å²) in [7, 11) is 0. The molecule has 1 unspecified atom stereocenters. The van der Waals surface area contributed by atoms with Crippen molar-refractivity contribution >= 4 is 5.78 Å². The van der Waals surface area contributed by atoms with Crippen LogP contribution in [0.4, 0.5) is 13.2 Å². The maximum atomic E-state index is 13.8. The van der Waals surface area contributed by atoms with Crippen molar-refractivity contribution in [2.45, 2.75) is 18.0 Å². The standard InChI is InChI=1S/C16H13F3N2O3/c17-16(18,19)15(11-21(23)24,12-6-2-1-3-7-12)10-14(22)13-8-4-5-9-20-13/h1-9H,10-11H2. The molecule has 0 N–H and O–H groups in total. The first-order valence-corrected chi connectivity index (χ1v) is 6.94. The number of nitro groups is 1. The lowest BCUT2D eigenvalue weighted by molar-refractivity contribution is -0.501. The fraction of sp³-hybridized carbons (Fsp3) is 0.250. The minimum absolute atomic E-state index is 0.162. The summed E-state index contributed by atoms with van der Waals surface area (Å²) in [4.78, 5) is 25.9. The molecule has 1 aromatic carbocycles. The molecule has 126 valence electrons. The summed E-state index contributed by atoms with van der Waals surface area (Å²) in [6.45, 7) is -1.43. The second-order valence-electron chi connectivity index (χ2n) is 5.25. The smallest absolute Gasteiger partial charge is 0.292 e. The summed E-state index contributed by atoms with van der Waals surface area (Å²) in [5, 5.41) is 10.9. The van der Waals surface area contributed by atoms with Gasteiger partial charge in [-0.05, 0) is 17.7 Å². The first-order valence-electron chi connectivity index (χ1n) is 6.94. The number of rotatable bonds is 6. The number of carbonyl (C=O) groups excluding carboxylic acids is 1. The maximum absolute atomic E-state index is 13.8. The Labute approximate surface area is 135 Å². The molecule has 0 aliphatic carbocycles. The highest BCUT2D eigenvalue weighted by Crippen LogP contribution is 2.44. The number of aromatic nitrogens is 1. The predicted octanol–water partition coefficient (Wildman–Crippen LogP) is 3.43. The molecule has 0 fully saturated rings. The van der Waals surface area contributed by atoms with Crippen LogP contribution < -0.4 is 0 Å². The number of Topliss-reactive ketones (excluding diaryl/α,β-unsaturated/α-hetero) is 1. The van der Waals surface area contributed by atoms with Crippen molar-refractivity contribution in [1.82, 2.24) is 4.98 Å². The van der Waals surface area contributed by atoms with Crippen LogP contribution in [0.15, 0.2) is 54.7 Å². The van der Waals surface area contributed by atoms with Crippen LogP contribution in [-0.4, -0.2) is 28.4 Å². The molecule has 2 rings (SSSR count). The van der Waals surface area contributed by atoms with Gasteiger partial charge >= 0.3 is 6.18 Å². The second-order valence-corrected chi connectivity index (χ2v) is 5.25. The van der Waals surface area contributed by atoms with E-state index in [-0.39, 0.29) is 11.3 Å². The molecular weight excluding hydrogens is 325 g/mol. The van der Waals surface area contributed by atoms with Crippen LogP contribution in [0.3, 0.4) is 0 Å². The number of hydrogen-bond acceptors (Lipinski definition) is 4. The fourth-order valence-electron chi connectivity index (χ4n) is 2.47. The fourth-order valence-corrected chi connectivity index (χ4v) is 2.47. The number of ketones is 1. The molecule has 0 spiro atoms. The molecule has 0 aliphatic rings. The lowest BCUT2D eigenvalue weighted by Crippen LogP contribution is -2.49. The van der Waals surface area contributed by atoms with Crippen LogP contribution in [0.5, 0.6) is 0 Å². The van der Waals surface area contributed by atoms with Crippen molar-refractivity contribution in [3.63, 3.8) is 0 Å². The quantitative estimate of drug-likeness (QED) is 0.459. The summed E-state index contributed by atoms with van der Waals surface area (Å²) in [6.07, 6.45) is -4.79. The Balaban J connectivity index is 2.53. The highest BCUT2D eigenvalue weighted by Gasteiger charge is 2.60. The van der Waals surface area contributed by atoms with Gasteiger partial charge in [0.1, 0.15) is 5.69 Å². The van der Waals surface area contributed by atoms with E-state index in [1.54, 1.807) is 0 Å². The van der Waals surface area contributed by atoms with Gasteiger partial charge in [-0.25, -0.2) is 0 Å². The van der Waals surface area contributed by atoms with Gasteiger partial charge in [0, 0.05) is 17.5 Å². The SMILES string of the molecule is O=C(CC(C[N+](=O)[O-])(c1ccccc1)C(F)(F)F)c1ccccn1. The monoisotopic (exact) mass is 338 g/mol. The third-order valence-corrected chi connectivity index (χ3v) is 3.68. The van der Waals surface area contributed by atoms with Crippen molar-refractivity contribution < 1.29 is 22.9 Å². The number of halogens is 3. The van der Waals surface area contributed by atoms with Gasteiger partial charge in [-0.1, -0.05) is 36.4 Å². The van der Waals surface area contributed by atoms with Gasteiger partial charge < -0.3 is 0 Å². The Morgan fingerprint density at radius 3 is 2.21 bits per heavy atom. The Bertz CT molecular complexity index is 720. The van der Waals surface area contributed by atoms with Crippen LogP contribution in [0.2, 0.25) is 0 Å². The number of carbonyl (C=O) groups is 1. The normalized spacial score (nSPS) is 14.0. The van der Waals surface area contributed by atoms with Gasteiger partial charge in [-0.2, -0.15) is 13.2 Å². The highest BCUT2D eigenvalue weighted by atomic mass is 19.4. The molecule has 0 saturated heterocycles. The molecule has 1 aromatic heterocycles. The molecule has 1 heterocycles. The Hall–Kier alpha value is -2.77. The Kier molecular flexibility index (Phi) is 4.96. The zero-order chi connectivity index (χ0) is 17.8. The summed E-state index contributed by atoms with van der Waals surface area (Å²) < 4.78 is 41.5. The van der Waals surface area contributed by atoms with E-state index in [1.165, 1.54) is 42.6 Å². The van der Waals surface area contributed by atoms with Crippen molar-refractivity contribution in [2.75, 3.05) is 6.54 Å². The van der Waals surface area contributed by atoms with Gasteiger partial charge in [0.05, 0.1) is 0 Å². The lowest BCUT2D eigenvalue weighted by atomic mass is 9.75. The van der Waals surface area contributed by atoms with Gasteiger partial charge in [-0.15, -0.1) is 0 Å². The zero-order valence-electron chi connectivity index (χ0n) is 12.4. The Morgan fingerprint density at radius 1 is 1.08 bits per heavy atom. The minimum atomic E-state index is -4.98. The Morgan fingerprint density at radius 2 is 1.71 bits per heavy atom. The predicted molar refractivity (Wildman–Crippen MR) is 79.2 cm³/mol. The van der Waals surface area contributed by atoms with Crippen molar-refractivity contribution in [3.8, 4) is 0 Å². The number of alkyl halides is 3. The van der Waals surface area contributed by atoms with Gasteiger partial charge in [-0.3, -0.25) is 19.9 Å². The number of pyridine rings is 1. The number of hydrogen-bond donors (Lipinski definition) is 0. The molecule has 1 atom stereocenters. The molecule has 5 nitrogen and oxygen atoms in total. The molecule has 0 bridgehead atoms. The van der Waals surface area contributed by atoms with Crippen molar-refractivity contribution in [2.24, 2.45) is 0 Å². The van der Waals surface area contributed by atoms with E-state index in [0.717, 1.165) is 12.1 Å². The first-order chi connectivity index (χ1) is 11.3. The van der Waals surface area contributed by atoms with E-state index in [0.29, 0.717) is 0 Å². The van der Waals surface area contributed by atoms with Gasteiger partial charge in [0.2, 0.25) is 6.54 Å². The highest BCUT2D eigenvalue weighted by molar-refractivity contribution is 5.95. The summed E-state index contributed by atoms with van der Waals surface area (Å²) in [5.74, 6) is -0.904. The molecule has 24 heavy (non-hydrogen) atoms.